The standard InChI is InChI=1S/2C52H34/c1-3-14-35(15-4-1)37-18-13-19-40(32-37)43-30-31-44(46-21-8-7-20-45(43)46)41-28-26-39-34-42(29-27-38(39)33-41)52-49-24-11-9-22-47(49)51(36-16-5-2-6-17-36)48-23-10-12-25-50(48)52;1-3-13-35(14-4-1)45-17-7-8-18-46(45)43-29-27-39-31-37(23-25-41(39)33-43)38-24-26-42-34-44(30-28-40(42)32-38)52-49-21-11-9-19-47(49)51(36-15-5-2-6-16-36)48-20-10-12-22-50(48)52/h2*1-34H. The van der Waals surface area contributed by atoms with Gasteiger partial charge in [-0.3, -0.25) is 0 Å². The van der Waals surface area contributed by atoms with Gasteiger partial charge in [0.15, 0.2) is 0 Å². The summed E-state index contributed by atoms with van der Waals surface area (Å²) >= 11 is 0. The molecule has 0 atom stereocenters. The summed E-state index contributed by atoms with van der Waals surface area (Å²) < 4.78 is 0. The van der Waals surface area contributed by atoms with Gasteiger partial charge >= 0.3 is 0 Å². The number of fused-ring (bicyclic) bond motifs is 8. The van der Waals surface area contributed by atoms with Crippen LogP contribution in [-0.2, 0) is 0 Å². The third-order valence-electron chi connectivity index (χ3n) is 21.3. The highest BCUT2D eigenvalue weighted by atomic mass is 14.2. The van der Waals surface area contributed by atoms with Crippen LogP contribution in [0.1, 0.15) is 0 Å². The zero-order valence-electron chi connectivity index (χ0n) is 57.3. The summed E-state index contributed by atoms with van der Waals surface area (Å²) in [6, 6.07) is 151. The smallest absolute Gasteiger partial charge is 0.00262 e. The summed E-state index contributed by atoms with van der Waals surface area (Å²) in [5, 5.41) is 20.2. The number of benzene rings is 20. The zero-order valence-corrected chi connectivity index (χ0v) is 57.3. The van der Waals surface area contributed by atoms with Crippen molar-refractivity contribution in [3.05, 3.63) is 413 Å². The third-order valence-corrected chi connectivity index (χ3v) is 21.3. The second-order valence-electron chi connectivity index (χ2n) is 27.3. The van der Waals surface area contributed by atoms with Crippen LogP contribution in [0, 0.1) is 0 Å². The fourth-order valence-electron chi connectivity index (χ4n) is 16.4. The molecule has 0 heteroatoms. The lowest BCUT2D eigenvalue weighted by Gasteiger charge is -2.18. The first-order valence-corrected chi connectivity index (χ1v) is 36.0. The maximum atomic E-state index is 2.37. The van der Waals surface area contributed by atoms with Crippen LogP contribution in [0.3, 0.4) is 0 Å². The average molecular weight is 1320 g/mol. The van der Waals surface area contributed by atoms with Crippen molar-refractivity contribution in [1.29, 1.82) is 0 Å². The minimum absolute atomic E-state index is 1.23. The van der Waals surface area contributed by atoms with Crippen molar-refractivity contribution in [2.45, 2.75) is 0 Å². The van der Waals surface area contributed by atoms with Crippen molar-refractivity contribution >= 4 is 86.2 Å². The van der Waals surface area contributed by atoms with Crippen molar-refractivity contribution in [2.24, 2.45) is 0 Å². The first-order valence-electron chi connectivity index (χ1n) is 36.0. The Labute approximate surface area is 606 Å². The van der Waals surface area contributed by atoms with E-state index in [-0.39, 0.29) is 0 Å². The SMILES string of the molecule is c1ccc(-c2cccc(-c3ccc(-c4ccc5cc(-c6c7ccccc7c(-c7ccccc7)c7ccccc67)ccc5c4)c4ccccc34)c2)cc1.c1ccc(-c2ccccc2-c2ccc3cc(-c4ccc5cc(-c6c7ccccc7c(-c7ccccc7)c7ccccc67)ccc5c4)ccc3c2)cc1. The largest absolute Gasteiger partial charge is 0.0622 e. The molecule has 0 heterocycles. The molecule has 0 aliphatic carbocycles. The Hall–Kier alpha value is -13.5. The molecular weight excluding hydrogens is 1250 g/mol. The van der Waals surface area contributed by atoms with Crippen LogP contribution in [0.5, 0.6) is 0 Å². The lowest BCUT2D eigenvalue weighted by atomic mass is 9.85. The number of rotatable bonds is 10. The van der Waals surface area contributed by atoms with Gasteiger partial charge < -0.3 is 0 Å². The minimum atomic E-state index is 1.23. The molecule has 104 heavy (non-hydrogen) atoms. The Morgan fingerprint density at radius 2 is 0.317 bits per heavy atom. The van der Waals surface area contributed by atoms with Crippen molar-refractivity contribution in [2.75, 3.05) is 0 Å². The summed E-state index contributed by atoms with van der Waals surface area (Å²) in [7, 11) is 0. The molecule has 0 spiro atoms. The highest BCUT2D eigenvalue weighted by molar-refractivity contribution is 6.23. The van der Waals surface area contributed by atoms with Crippen LogP contribution in [0.25, 0.3) is 197 Å². The predicted molar refractivity (Wildman–Crippen MR) is 447 cm³/mol. The Bertz CT molecular complexity index is 6570. The molecule has 0 aliphatic rings. The Morgan fingerprint density at radius 1 is 0.0962 bits per heavy atom. The Kier molecular flexibility index (Phi) is 15.7. The van der Waals surface area contributed by atoms with Crippen LogP contribution >= 0.6 is 0 Å². The quantitative estimate of drug-likeness (QED) is 0.120. The monoisotopic (exact) mass is 1320 g/mol. The van der Waals surface area contributed by atoms with Crippen LogP contribution in [-0.4, -0.2) is 0 Å². The fourth-order valence-corrected chi connectivity index (χ4v) is 16.4. The van der Waals surface area contributed by atoms with Gasteiger partial charge in [0.2, 0.25) is 0 Å². The third kappa shape index (κ3) is 11.2. The summed E-state index contributed by atoms with van der Waals surface area (Å²) in [4.78, 5) is 0. The number of hydrogen-bond donors (Lipinski definition) is 0. The molecule has 0 aromatic heterocycles. The van der Waals surface area contributed by atoms with E-state index in [1.54, 1.807) is 0 Å². The van der Waals surface area contributed by atoms with Gasteiger partial charge in [-0.25, -0.2) is 0 Å². The highest BCUT2D eigenvalue weighted by Gasteiger charge is 2.20. The molecule has 0 N–H and O–H groups in total. The summed E-state index contributed by atoms with van der Waals surface area (Å²) in [6.07, 6.45) is 0. The van der Waals surface area contributed by atoms with Gasteiger partial charge in [-0.05, 0) is 240 Å². The van der Waals surface area contributed by atoms with Gasteiger partial charge in [0, 0.05) is 0 Å². The van der Waals surface area contributed by atoms with Crippen LogP contribution in [0.4, 0.5) is 0 Å². The molecule has 20 rings (SSSR count). The maximum absolute atomic E-state index is 2.37. The summed E-state index contributed by atoms with van der Waals surface area (Å²) in [5.41, 5.74) is 25.0. The van der Waals surface area contributed by atoms with E-state index in [9.17, 15) is 0 Å². The van der Waals surface area contributed by atoms with E-state index in [0.29, 0.717) is 0 Å². The first kappa shape index (κ1) is 61.6. The van der Waals surface area contributed by atoms with Crippen LogP contribution in [0.15, 0.2) is 413 Å². The summed E-state index contributed by atoms with van der Waals surface area (Å²) in [6.45, 7) is 0. The van der Waals surface area contributed by atoms with E-state index in [2.05, 4.69) is 413 Å². The average Bonchev–Trinajstić information content (AvgIpc) is 0.738. The normalized spacial score (nSPS) is 11.5. The van der Waals surface area contributed by atoms with Gasteiger partial charge in [-0.2, -0.15) is 0 Å². The van der Waals surface area contributed by atoms with Crippen molar-refractivity contribution in [1.82, 2.24) is 0 Å². The lowest BCUT2D eigenvalue weighted by Crippen LogP contribution is -1.91. The molecule has 0 radical (unpaired) electrons. The summed E-state index contributed by atoms with van der Waals surface area (Å²) in [5.74, 6) is 0. The van der Waals surface area contributed by atoms with Crippen molar-refractivity contribution in [3.8, 4) is 111 Å². The van der Waals surface area contributed by atoms with Gasteiger partial charge in [-0.15, -0.1) is 0 Å². The van der Waals surface area contributed by atoms with E-state index in [0.717, 1.165) is 0 Å². The molecular formula is C104H68. The molecule has 0 aliphatic heterocycles. The molecule has 0 saturated heterocycles. The second kappa shape index (κ2) is 26.5. The lowest BCUT2D eigenvalue weighted by molar-refractivity contribution is 1.59. The Morgan fingerprint density at radius 3 is 0.692 bits per heavy atom. The van der Waals surface area contributed by atoms with Gasteiger partial charge in [0.1, 0.15) is 0 Å². The fraction of sp³-hybridized carbons (Fsp3) is 0. The van der Waals surface area contributed by atoms with Crippen molar-refractivity contribution < 1.29 is 0 Å². The van der Waals surface area contributed by atoms with Gasteiger partial charge in [0.25, 0.3) is 0 Å². The van der Waals surface area contributed by atoms with E-state index >= 15 is 0 Å². The molecule has 0 fully saturated rings. The zero-order chi connectivity index (χ0) is 68.9. The van der Waals surface area contributed by atoms with E-state index < -0.39 is 0 Å². The first-order chi connectivity index (χ1) is 51.6. The predicted octanol–water partition coefficient (Wildman–Crippen LogP) is 29.3. The molecule has 20 aromatic rings. The highest BCUT2D eigenvalue weighted by Crippen LogP contribution is 2.48. The van der Waals surface area contributed by atoms with E-state index in [1.807, 2.05) is 0 Å². The molecule has 0 saturated carbocycles. The van der Waals surface area contributed by atoms with Crippen LogP contribution in [0.2, 0.25) is 0 Å². The van der Waals surface area contributed by atoms with Crippen LogP contribution < -0.4 is 0 Å². The molecule has 0 unspecified atom stereocenters. The molecule has 0 bridgehead atoms. The second-order valence-corrected chi connectivity index (χ2v) is 27.3. The molecule has 0 nitrogen and oxygen atoms in total. The van der Waals surface area contributed by atoms with Gasteiger partial charge in [-0.1, -0.05) is 370 Å². The topological polar surface area (TPSA) is 0 Å². The molecule has 484 valence electrons. The maximum Gasteiger partial charge on any atom is -0.00262 e. The van der Waals surface area contributed by atoms with Gasteiger partial charge in [0.05, 0.1) is 0 Å². The molecule has 20 aromatic carbocycles. The molecule has 0 amide bonds. The number of hydrogen-bond acceptors (Lipinski definition) is 0. The van der Waals surface area contributed by atoms with E-state index in [1.165, 1.54) is 197 Å². The Balaban J connectivity index is 0.000000143. The van der Waals surface area contributed by atoms with E-state index in [4.69, 9.17) is 0 Å². The van der Waals surface area contributed by atoms with Crippen molar-refractivity contribution in [3.63, 3.8) is 0 Å². The minimum Gasteiger partial charge on any atom is -0.0622 e.